The Labute approximate surface area is 238 Å². The molecule has 4 heterocycles. The number of nitrogens with zero attached hydrogens (tertiary/aromatic N) is 4. The van der Waals surface area contributed by atoms with Crippen molar-refractivity contribution >= 4 is 28.3 Å². The second-order valence-electron chi connectivity index (χ2n) is 11.2. The van der Waals surface area contributed by atoms with E-state index in [-0.39, 0.29) is 40.8 Å². The molecule has 0 bridgehead atoms. The zero-order valence-electron chi connectivity index (χ0n) is 22.9. The van der Waals surface area contributed by atoms with Crippen LogP contribution in [-0.2, 0) is 17.5 Å². The maximum absolute atomic E-state index is 13.6. The van der Waals surface area contributed by atoms with Gasteiger partial charge in [-0.2, -0.15) is 28.4 Å². The summed E-state index contributed by atoms with van der Waals surface area (Å²) in [7, 11) is -2.64. The second-order valence-corrected chi connectivity index (χ2v) is 13.6. The van der Waals surface area contributed by atoms with Crippen LogP contribution in [0.25, 0.3) is 0 Å². The van der Waals surface area contributed by atoms with E-state index in [0.717, 1.165) is 44.4 Å². The number of benzene rings is 1. The van der Waals surface area contributed by atoms with E-state index >= 15 is 0 Å². The second kappa shape index (κ2) is 11.5. The summed E-state index contributed by atoms with van der Waals surface area (Å²) in [5.74, 6) is 0.582. The molecule has 3 aliphatic heterocycles. The molecule has 1 aromatic carbocycles. The average molecular weight is 600 g/mol. The van der Waals surface area contributed by atoms with Gasteiger partial charge >= 0.3 is 12.2 Å². The smallest absolute Gasteiger partial charge is 0.416 e. The molecule has 41 heavy (non-hydrogen) atoms. The van der Waals surface area contributed by atoms with Crippen LogP contribution in [0.1, 0.15) is 56.6 Å². The first-order chi connectivity index (χ1) is 19.3. The van der Waals surface area contributed by atoms with Gasteiger partial charge in [0, 0.05) is 74.3 Å². The Balaban J connectivity index is 1.28. The van der Waals surface area contributed by atoms with Crippen LogP contribution in [0.15, 0.2) is 30.5 Å². The zero-order valence-corrected chi connectivity index (χ0v) is 23.7. The topological polar surface area (TPSA) is 120 Å². The van der Waals surface area contributed by atoms with Gasteiger partial charge in [-0.15, -0.1) is 5.10 Å². The van der Waals surface area contributed by atoms with Gasteiger partial charge in [0.15, 0.2) is 5.82 Å². The molecule has 1 spiro atoms. The van der Waals surface area contributed by atoms with E-state index in [4.69, 9.17) is 4.74 Å². The lowest BCUT2D eigenvalue weighted by molar-refractivity contribution is -0.137. The summed E-state index contributed by atoms with van der Waals surface area (Å²) >= 11 is 0. The normalized spacial score (nSPS) is 22.0. The molecule has 0 saturated carbocycles. The molecular weight excluding hydrogens is 563 g/mol. The van der Waals surface area contributed by atoms with Crippen molar-refractivity contribution in [2.75, 3.05) is 36.5 Å². The van der Waals surface area contributed by atoms with Gasteiger partial charge in [0.1, 0.15) is 11.9 Å². The van der Waals surface area contributed by atoms with Crippen molar-refractivity contribution in [2.24, 2.45) is 0 Å². The van der Waals surface area contributed by atoms with Gasteiger partial charge in [-0.05, 0) is 44.4 Å². The SMILES string of the molecule is CC(=O)Nc1ccn(C(=O)N2CCC3(CCCN3Cc3ccc(C(F)(F)F)cc3OC3CCS(O)(O)CC3)CC2)n1. The summed E-state index contributed by atoms with van der Waals surface area (Å²) in [6.45, 7) is 3.59. The van der Waals surface area contributed by atoms with Crippen molar-refractivity contribution in [3.05, 3.63) is 41.6 Å². The molecule has 226 valence electrons. The fourth-order valence-electron chi connectivity index (χ4n) is 6.10. The first-order valence-corrected chi connectivity index (χ1v) is 15.7. The van der Waals surface area contributed by atoms with Crippen LogP contribution in [-0.4, -0.2) is 83.4 Å². The molecular formula is C27H36F3N5O5S. The Morgan fingerprint density at radius 3 is 2.49 bits per heavy atom. The average Bonchev–Trinajstić information content (AvgIpc) is 3.52. The Bertz CT molecular complexity index is 1270. The zero-order chi connectivity index (χ0) is 29.4. The molecule has 10 nitrogen and oxygen atoms in total. The summed E-state index contributed by atoms with van der Waals surface area (Å²) in [5.41, 5.74) is -0.291. The van der Waals surface area contributed by atoms with E-state index in [1.54, 1.807) is 11.0 Å². The number of carbonyl (C=O) groups excluding carboxylic acids is 2. The van der Waals surface area contributed by atoms with Gasteiger partial charge in [0.25, 0.3) is 0 Å². The molecule has 3 saturated heterocycles. The third-order valence-electron chi connectivity index (χ3n) is 8.38. The highest BCUT2D eigenvalue weighted by atomic mass is 32.3. The van der Waals surface area contributed by atoms with Gasteiger partial charge in [-0.1, -0.05) is 6.07 Å². The van der Waals surface area contributed by atoms with Crippen LogP contribution >= 0.6 is 10.6 Å². The Kier molecular flexibility index (Phi) is 8.30. The van der Waals surface area contributed by atoms with Crippen molar-refractivity contribution in [1.82, 2.24) is 19.6 Å². The molecule has 0 unspecified atom stereocenters. The summed E-state index contributed by atoms with van der Waals surface area (Å²) in [5, 5.41) is 6.69. The maximum Gasteiger partial charge on any atom is 0.416 e. The Hall–Kier alpha value is -2.81. The van der Waals surface area contributed by atoms with Gasteiger partial charge in [0.05, 0.1) is 5.56 Å². The number of anilines is 1. The highest BCUT2D eigenvalue weighted by molar-refractivity contribution is 8.24. The minimum atomic E-state index is -4.51. The van der Waals surface area contributed by atoms with Crippen LogP contribution in [0.2, 0.25) is 0 Å². The number of alkyl halides is 3. The number of hydrogen-bond acceptors (Lipinski definition) is 7. The number of aromatic nitrogens is 2. The van der Waals surface area contributed by atoms with E-state index in [0.29, 0.717) is 43.9 Å². The molecule has 3 fully saturated rings. The molecule has 2 amide bonds. The largest absolute Gasteiger partial charge is 0.490 e. The van der Waals surface area contributed by atoms with E-state index in [1.807, 2.05) is 0 Å². The summed E-state index contributed by atoms with van der Waals surface area (Å²) < 4.78 is 67.9. The van der Waals surface area contributed by atoms with E-state index in [2.05, 4.69) is 15.3 Å². The molecule has 5 rings (SSSR count). The fourth-order valence-corrected chi connectivity index (χ4v) is 7.59. The minimum absolute atomic E-state index is 0.177. The van der Waals surface area contributed by atoms with Gasteiger partial charge in [-0.25, -0.2) is 4.79 Å². The number of nitrogens with one attached hydrogen (secondary N) is 1. The van der Waals surface area contributed by atoms with Crippen LogP contribution in [0.4, 0.5) is 23.8 Å². The maximum atomic E-state index is 13.6. The molecule has 2 aromatic rings. The van der Waals surface area contributed by atoms with Crippen LogP contribution in [0, 0.1) is 0 Å². The van der Waals surface area contributed by atoms with Crippen molar-refractivity contribution in [2.45, 2.75) is 69.8 Å². The number of carbonyl (C=O) groups is 2. The number of halogens is 3. The Morgan fingerprint density at radius 2 is 1.83 bits per heavy atom. The minimum Gasteiger partial charge on any atom is -0.490 e. The highest BCUT2D eigenvalue weighted by Crippen LogP contribution is 2.46. The van der Waals surface area contributed by atoms with Crippen molar-refractivity contribution in [3.63, 3.8) is 0 Å². The van der Waals surface area contributed by atoms with E-state index in [9.17, 15) is 31.9 Å². The van der Waals surface area contributed by atoms with Gasteiger partial charge < -0.3 is 15.0 Å². The lowest BCUT2D eigenvalue weighted by atomic mass is 9.84. The standard InChI is InChI=1S/C27H36F3N5O5S/c1-19(36)31-24-5-12-35(32-24)25(37)33-13-9-26(10-14-33)8-2-11-34(26)18-20-3-4-21(27(28,29)30)17-23(20)40-22-6-15-41(38,39)16-7-22/h3-5,12,17,22,38-39H,2,6-11,13-16,18H2,1H3,(H,31,32,36). The molecule has 0 radical (unpaired) electrons. The molecule has 0 aliphatic carbocycles. The van der Waals surface area contributed by atoms with Crippen LogP contribution in [0.3, 0.4) is 0 Å². The molecule has 3 aliphatic rings. The summed E-state index contributed by atoms with van der Waals surface area (Å²) in [4.78, 5) is 28.3. The number of amides is 2. The molecule has 1 aromatic heterocycles. The third kappa shape index (κ3) is 6.82. The third-order valence-corrected chi connectivity index (χ3v) is 10.2. The number of piperidine rings is 1. The van der Waals surface area contributed by atoms with Crippen LogP contribution in [0.5, 0.6) is 5.75 Å². The van der Waals surface area contributed by atoms with Crippen molar-refractivity contribution < 1.29 is 36.6 Å². The number of likely N-dealkylation sites (tertiary alicyclic amines) is 2. The lowest BCUT2D eigenvalue weighted by Gasteiger charge is -2.45. The summed E-state index contributed by atoms with van der Waals surface area (Å²) in [6, 6.07) is 4.92. The predicted molar refractivity (Wildman–Crippen MR) is 148 cm³/mol. The van der Waals surface area contributed by atoms with E-state index in [1.165, 1.54) is 23.9 Å². The first-order valence-electron chi connectivity index (χ1n) is 13.8. The lowest BCUT2D eigenvalue weighted by Crippen LogP contribution is -2.53. The Morgan fingerprint density at radius 1 is 1.12 bits per heavy atom. The monoisotopic (exact) mass is 599 g/mol. The van der Waals surface area contributed by atoms with E-state index < -0.39 is 22.3 Å². The highest BCUT2D eigenvalue weighted by Gasteiger charge is 2.44. The number of hydrogen-bond donors (Lipinski definition) is 3. The quantitative estimate of drug-likeness (QED) is 0.429. The molecule has 3 N–H and O–H groups in total. The predicted octanol–water partition coefficient (Wildman–Crippen LogP) is 5.25. The van der Waals surface area contributed by atoms with Gasteiger partial charge in [0.2, 0.25) is 5.91 Å². The first kappa shape index (κ1) is 29.7. The molecule has 0 atom stereocenters. The number of ether oxygens (including phenoxy) is 1. The number of rotatable bonds is 5. The fraction of sp³-hybridized carbons (Fsp3) is 0.593. The molecule has 14 heteroatoms. The van der Waals surface area contributed by atoms with Crippen LogP contribution < -0.4 is 10.1 Å². The van der Waals surface area contributed by atoms with Crippen molar-refractivity contribution in [3.8, 4) is 5.75 Å². The van der Waals surface area contributed by atoms with Crippen molar-refractivity contribution in [1.29, 1.82) is 0 Å². The summed E-state index contributed by atoms with van der Waals surface area (Å²) in [6.07, 6.45) is 0.686. The van der Waals surface area contributed by atoms with Gasteiger partial charge in [-0.3, -0.25) is 18.8 Å².